The van der Waals surface area contributed by atoms with Crippen LogP contribution in [0.1, 0.15) is 27.3 Å². The van der Waals surface area contributed by atoms with Gasteiger partial charge in [0.1, 0.15) is 0 Å². The zero-order valence-electron chi connectivity index (χ0n) is 10.7. The second kappa shape index (κ2) is 5.52. The van der Waals surface area contributed by atoms with E-state index in [1.54, 1.807) is 24.3 Å². The summed E-state index contributed by atoms with van der Waals surface area (Å²) in [5, 5.41) is 4.09. The van der Waals surface area contributed by atoms with E-state index in [4.69, 9.17) is 17.3 Å². The minimum absolute atomic E-state index is 0.169. The Labute approximate surface area is 126 Å². The van der Waals surface area contributed by atoms with Crippen LogP contribution in [-0.2, 0) is 12.8 Å². The molecule has 1 aliphatic rings. The first kappa shape index (κ1) is 13.5. The van der Waals surface area contributed by atoms with Gasteiger partial charge in [-0.15, -0.1) is 11.3 Å². The number of hydrogen-bond acceptors (Lipinski definition) is 4. The average molecular weight is 308 g/mol. The van der Waals surface area contributed by atoms with Gasteiger partial charge < -0.3 is 5.73 Å². The molecule has 1 atom stereocenters. The van der Waals surface area contributed by atoms with Crippen LogP contribution >= 0.6 is 22.9 Å². The Kier molecular flexibility index (Phi) is 3.74. The molecule has 20 heavy (non-hydrogen) atoms. The molecule has 0 saturated heterocycles. The highest BCUT2D eigenvalue weighted by Crippen LogP contribution is 2.29. The van der Waals surface area contributed by atoms with Crippen molar-refractivity contribution in [2.24, 2.45) is 5.73 Å². The molecule has 4 nitrogen and oxygen atoms in total. The maximum Gasteiger partial charge on any atom is 0.257 e. The minimum atomic E-state index is -0.169. The molecule has 0 spiro atoms. The zero-order chi connectivity index (χ0) is 14.1. The van der Waals surface area contributed by atoms with Crippen LogP contribution < -0.4 is 11.1 Å². The molecule has 2 aromatic rings. The number of aryl methyl sites for hydroxylation is 1. The third-order valence-corrected chi connectivity index (χ3v) is 4.59. The first-order valence-corrected chi connectivity index (χ1v) is 7.62. The summed E-state index contributed by atoms with van der Waals surface area (Å²) in [4.78, 5) is 17.8. The monoisotopic (exact) mass is 307 g/mol. The van der Waals surface area contributed by atoms with Crippen LogP contribution in [0.4, 0.5) is 5.13 Å². The third kappa shape index (κ3) is 2.85. The van der Waals surface area contributed by atoms with Gasteiger partial charge in [0.15, 0.2) is 5.13 Å². The molecule has 0 saturated carbocycles. The van der Waals surface area contributed by atoms with Gasteiger partial charge in [-0.1, -0.05) is 11.6 Å². The lowest BCUT2D eigenvalue weighted by Crippen LogP contribution is -2.27. The molecule has 0 aliphatic heterocycles. The number of benzene rings is 1. The summed E-state index contributed by atoms with van der Waals surface area (Å²) in [6.45, 7) is 0. The smallest absolute Gasteiger partial charge is 0.257 e. The van der Waals surface area contributed by atoms with E-state index in [-0.39, 0.29) is 11.9 Å². The van der Waals surface area contributed by atoms with Gasteiger partial charge in [-0.3, -0.25) is 10.1 Å². The molecule has 1 heterocycles. The molecule has 0 bridgehead atoms. The fourth-order valence-electron chi connectivity index (χ4n) is 2.22. The van der Waals surface area contributed by atoms with Crippen LogP contribution in [0.25, 0.3) is 0 Å². The van der Waals surface area contributed by atoms with Crippen molar-refractivity contribution in [1.82, 2.24) is 4.98 Å². The van der Waals surface area contributed by atoms with Crippen molar-refractivity contribution in [2.75, 3.05) is 5.32 Å². The van der Waals surface area contributed by atoms with Gasteiger partial charge in [0.05, 0.1) is 5.69 Å². The first-order valence-electron chi connectivity index (χ1n) is 6.43. The lowest BCUT2D eigenvalue weighted by Gasteiger charge is -2.15. The van der Waals surface area contributed by atoms with Gasteiger partial charge in [0.2, 0.25) is 0 Å². The zero-order valence-corrected chi connectivity index (χ0v) is 12.3. The Hall–Kier alpha value is -1.43. The summed E-state index contributed by atoms with van der Waals surface area (Å²) in [5.74, 6) is -0.169. The number of carbonyl (C=O) groups excluding carboxylic acids is 1. The molecule has 1 aromatic carbocycles. The van der Waals surface area contributed by atoms with Gasteiger partial charge in [0.25, 0.3) is 5.91 Å². The molecule has 0 unspecified atom stereocenters. The molecule has 0 fully saturated rings. The highest BCUT2D eigenvalue weighted by Gasteiger charge is 2.20. The first-order chi connectivity index (χ1) is 9.61. The Morgan fingerprint density at radius 2 is 2.15 bits per heavy atom. The number of nitrogens with two attached hydrogens (primary N) is 1. The van der Waals surface area contributed by atoms with Crippen molar-refractivity contribution < 1.29 is 4.79 Å². The number of carbonyl (C=O) groups is 1. The summed E-state index contributed by atoms with van der Waals surface area (Å²) in [7, 11) is 0. The predicted molar refractivity (Wildman–Crippen MR) is 81.5 cm³/mol. The molecule has 3 N–H and O–H groups in total. The van der Waals surface area contributed by atoms with E-state index in [1.807, 2.05) is 0 Å². The maximum absolute atomic E-state index is 12.1. The van der Waals surface area contributed by atoms with Gasteiger partial charge >= 0.3 is 0 Å². The molecule has 0 radical (unpaired) electrons. The summed E-state index contributed by atoms with van der Waals surface area (Å²) >= 11 is 7.32. The topological polar surface area (TPSA) is 68.0 Å². The molecule has 1 aliphatic carbocycles. The molecule has 6 heteroatoms. The number of aromatic nitrogens is 1. The van der Waals surface area contributed by atoms with Gasteiger partial charge in [0, 0.05) is 21.5 Å². The number of nitrogens with zero attached hydrogens (tertiary/aromatic N) is 1. The van der Waals surface area contributed by atoms with Gasteiger partial charge in [-0.25, -0.2) is 4.98 Å². The number of halogens is 1. The van der Waals surface area contributed by atoms with Crippen LogP contribution in [0.3, 0.4) is 0 Å². The second-order valence-electron chi connectivity index (χ2n) is 4.85. The van der Waals surface area contributed by atoms with Crippen molar-refractivity contribution in [2.45, 2.75) is 25.3 Å². The average Bonchev–Trinajstić information content (AvgIpc) is 2.80. The van der Waals surface area contributed by atoms with Crippen LogP contribution in [0, 0.1) is 0 Å². The molecular weight excluding hydrogens is 294 g/mol. The number of thiazole rings is 1. The van der Waals surface area contributed by atoms with Crippen LogP contribution in [0.15, 0.2) is 24.3 Å². The molecular formula is C14H14ClN3OS. The van der Waals surface area contributed by atoms with E-state index in [0.717, 1.165) is 25.0 Å². The number of rotatable bonds is 2. The lowest BCUT2D eigenvalue weighted by molar-refractivity contribution is 0.102. The SMILES string of the molecule is N[C@H]1CCc2nc(NC(=O)c3ccc(Cl)cc3)sc2C1. The molecule has 104 valence electrons. The highest BCUT2D eigenvalue weighted by atomic mass is 35.5. The van der Waals surface area contributed by atoms with Crippen LogP contribution in [0.5, 0.6) is 0 Å². The van der Waals surface area contributed by atoms with Gasteiger partial charge in [-0.05, 0) is 43.5 Å². The van der Waals surface area contributed by atoms with Crippen LogP contribution in [0.2, 0.25) is 5.02 Å². The number of nitrogens with one attached hydrogen (secondary N) is 1. The summed E-state index contributed by atoms with van der Waals surface area (Å²) in [6.07, 6.45) is 2.70. The Bertz CT molecular complexity index is 638. The van der Waals surface area contributed by atoms with Gasteiger partial charge in [-0.2, -0.15) is 0 Å². The quantitative estimate of drug-likeness (QED) is 0.896. The van der Waals surface area contributed by atoms with E-state index < -0.39 is 0 Å². The fourth-order valence-corrected chi connectivity index (χ4v) is 3.45. The van der Waals surface area contributed by atoms with E-state index in [2.05, 4.69) is 10.3 Å². The maximum atomic E-state index is 12.1. The van der Waals surface area contributed by atoms with Crippen molar-refractivity contribution in [3.05, 3.63) is 45.4 Å². The summed E-state index contributed by atoms with van der Waals surface area (Å²) in [5.41, 5.74) is 7.59. The van der Waals surface area contributed by atoms with E-state index >= 15 is 0 Å². The summed E-state index contributed by atoms with van der Waals surface area (Å²) < 4.78 is 0. The van der Waals surface area contributed by atoms with E-state index in [9.17, 15) is 4.79 Å². The van der Waals surface area contributed by atoms with Crippen molar-refractivity contribution in [3.8, 4) is 0 Å². The number of hydrogen-bond donors (Lipinski definition) is 2. The lowest BCUT2D eigenvalue weighted by atomic mass is 9.99. The second-order valence-corrected chi connectivity index (χ2v) is 6.37. The number of fused-ring (bicyclic) bond motifs is 1. The van der Waals surface area contributed by atoms with Crippen LogP contribution in [-0.4, -0.2) is 16.9 Å². The van der Waals surface area contributed by atoms with Crippen molar-refractivity contribution in [1.29, 1.82) is 0 Å². The van der Waals surface area contributed by atoms with Crippen molar-refractivity contribution >= 4 is 34.0 Å². The fraction of sp³-hybridized carbons (Fsp3) is 0.286. The largest absolute Gasteiger partial charge is 0.327 e. The summed E-state index contributed by atoms with van der Waals surface area (Å²) in [6, 6.07) is 7.00. The van der Waals surface area contributed by atoms with Crippen molar-refractivity contribution in [3.63, 3.8) is 0 Å². The Morgan fingerprint density at radius 1 is 1.40 bits per heavy atom. The molecule has 3 rings (SSSR count). The molecule has 1 amide bonds. The predicted octanol–water partition coefficient (Wildman–Crippen LogP) is 2.86. The number of amides is 1. The minimum Gasteiger partial charge on any atom is -0.327 e. The Balaban J connectivity index is 1.75. The van der Waals surface area contributed by atoms with E-state index in [1.165, 1.54) is 16.2 Å². The number of anilines is 1. The third-order valence-electron chi connectivity index (χ3n) is 3.30. The Morgan fingerprint density at radius 3 is 2.90 bits per heavy atom. The molecule has 1 aromatic heterocycles. The van der Waals surface area contributed by atoms with E-state index in [0.29, 0.717) is 15.7 Å². The normalized spacial score (nSPS) is 17.6. The standard InChI is InChI=1S/C14H14ClN3OS/c15-9-3-1-8(2-4-9)13(19)18-14-17-11-6-5-10(16)7-12(11)20-14/h1-4,10H,5-7,16H2,(H,17,18,19)/t10-/m0/s1. The highest BCUT2D eigenvalue weighted by molar-refractivity contribution is 7.15.